The molecule has 0 heterocycles. The van der Waals surface area contributed by atoms with E-state index in [0.29, 0.717) is 0 Å². The van der Waals surface area contributed by atoms with Crippen LogP contribution in [0, 0.1) is 0 Å². The van der Waals surface area contributed by atoms with Gasteiger partial charge in [-0.05, 0) is 0 Å². The second-order valence-corrected chi connectivity index (χ2v) is 3.08. The predicted molar refractivity (Wildman–Crippen MR) is 37.6 cm³/mol. The van der Waals surface area contributed by atoms with E-state index in [0.717, 1.165) is 0 Å². The van der Waals surface area contributed by atoms with Gasteiger partial charge in [-0.2, -0.15) is 0 Å². The maximum Gasteiger partial charge on any atom is 2.00 e. The van der Waals surface area contributed by atoms with Crippen molar-refractivity contribution in [1.82, 2.24) is 0 Å². The van der Waals surface area contributed by atoms with E-state index in [1.54, 1.807) is 0 Å². The zero-order valence-corrected chi connectivity index (χ0v) is 12.1. The van der Waals surface area contributed by atoms with Crippen LogP contribution in [0.1, 0.15) is 4.28 Å². The van der Waals surface area contributed by atoms with Gasteiger partial charge in [-0.15, -0.1) is 0 Å². The summed E-state index contributed by atoms with van der Waals surface area (Å²) in [4.78, 5) is 43.1. The SMILES string of the molecule is O=P(O)(O)O.O=P(O)(O)O.[Ca+2].[H-].[H-].[H-].[Na+]. The van der Waals surface area contributed by atoms with Gasteiger partial charge in [0.15, 0.2) is 0 Å². The Hall–Kier alpha value is 2.48. The van der Waals surface area contributed by atoms with Gasteiger partial charge in [-0.1, -0.05) is 0 Å². The van der Waals surface area contributed by atoms with E-state index < -0.39 is 15.6 Å². The molecule has 0 saturated heterocycles. The molecule has 0 bridgehead atoms. The number of hydrogen-bond acceptors (Lipinski definition) is 2. The van der Waals surface area contributed by atoms with E-state index in [2.05, 4.69) is 0 Å². The van der Waals surface area contributed by atoms with Crippen molar-refractivity contribution in [3.05, 3.63) is 0 Å². The maximum atomic E-state index is 8.88. The Labute approximate surface area is 124 Å². The minimum atomic E-state index is -4.64. The van der Waals surface area contributed by atoms with Crippen LogP contribution in [-0.4, -0.2) is 67.1 Å². The molecule has 70 valence electrons. The smallest absolute Gasteiger partial charge is 1.00 e. The molecule has 0 amide bonds. The molecule has 0 rings (SSSR count). The van der Waals surface area contributed by atoms with Crippen LogP contribution in [0.5, 0.6) is 0 Å². The molecule has 0 aromatic carbocycles. The first-order valence-corrected chi connectivity index (χ1v) is 4.70. The van der Waals surface area contributed by atoms with Gasteiger partial charge >= 0.3 is 82.9 Å². The Morgan fingerprint density at radius 3 is 0.750 bits per heavy atom. The van der Waals surface area contributed by atoms with Crippen molar-refractivity contribution < 1.29 is 72.3 Å². The van der Waals surface area contributed by atoms with Crippen molar-refractivity contribution >= 4 is 53.4 Å². The van der Waals surface area contributed by atoms with Crippen LogP contribution in [-0.2, 0) is 9.13 Å². The van der Waals surface area contributed by atoms with E-state index in [1.807, 2.05) is 0 Å². The van der Waals surface area contributed by atoms with E-state index in [1.165, 1.54) is 0 Å². The molecule has 0 unspecified atom stereocenters. The fourth-order valence-corrected chi connectivity index (χ4v) is 0. The van der Waals surface area contributed by atoms with Gasteiger partial charge in [0.25, 0.3) is 0 Å². The molecule has 0 aliphatic heterocycles. The zero-order valence-electron chi connectivity index (χ0n) is 9.10. The predicted octanol–water partition coefficient (Wildman–Crippen LogP) is -4.90. The number of hydrogen-bond donors (Lipinski definition) is 6. The second kappa shape index (κ2) is 10.0. The molecule has 0 saturated carbocycles. The summed E-state index contributed by atoms with van der Waals surface area (Å²) in [5, 5.41) is 0. The summed E-state index contributed by atoms with van der Waals surface area (Å²) < 4.78 is 17.8. The molecule has 0 aliphatic carbocycles. The topological polar surface area (TPSA) is 156 Å². The van der Waals surface area contributed by atoms with Gasteiger partial charge in [0, 0.05) is 0 Å². The summed E-state index contributed by atoms with van der Waals surface area (Å²) in [6.07, 6.45) is 0. The molecule has 0 aromatic rings. The van der Waals surface area contributed by atoms with Crippen molar-refractivity contribution in [1.29, 1.82) is 0 Å². The first-order valence-electron chi connectivity index (χ1n) is 1.57. The fourth-order valence-electron chi connectivity index (χ4n) is 0. The molecule has 6 N–H and O–H groups in total. The van der Waals surface area contributed by atoms with E-state index in [9.17, 15) is 0 Å². The molecule has 0 spiro atoms. The summed E-state index contributed by atoms with van der Waals surface area (Å²) >= 11 is 0. The summed E-state index contributed by atoms with van der Waals surface area (Å²) in [7, 11) is -9.28. The average Bonchev–Trinajstić information content (AvgIpc) is 1.12. The van der Waals surface area contributed by atoms with Gasteiger partial charge in [-0.3, -0.25) is 0 Å². The van der Waals surface area contributed by atoms with Gasteiger partial charge in [-0.25, -0.2) is 9.13 Å². The quantitative estimate of drug-likeness (QED) is 0.187. The minimum absolute atomic E-state index is 0. The van der Waals surface area contributed by atoms with Crippen LogP contribution in [0.25, 0.3) is 0 Å². The van der Waals surface area contributed by atoms with Crippen LogP contribution in [0.3, 0.4) is 0 Å². The normalized spacial score (nSPS) is 9.83. The van der Waals surface area contributed by atoms with Gasteiger partial charge in [0.2, 0.25) is 0 Å². The summed E-state index contributed by atoms with van der Waals surface area (Å²) in [5.41, 5.74) is 0. The first-order chi connectivity index (χ1) is 4.00. The Bertz CT molecular complexity index is 140. The van der Waals surface area contributed by atoms with E-state index in [-0.39, 0.29) is 71.6 Å². The van der Waals surface area contributed by atoms with Gasteiger partial charge in [0.1, 0.15) is 0 Å². The Kier molecular flexibility index (Phi) is 20.0. The molecule has 0 atom stereocenters. The molecular weight excluding hydrogens is 253 g/mol. The van der Waals surface area contributed by atoms with E-state index in [4.69, 9.17) is 38.5 Å². The van der Waals surface area contributed by atoms with Crippen molar-refractivity contribution in [2.24, 2.45) is 0 Å². The first kappa shape index (κ1) is 24.0. The van der Waals surface area contributed by atoms with Crippen molar-refractivity contribution in [3.63, 3.8) is 0 Å². The van der Waals surface area contributed by atoms with Crippen LogP contribution in [0.2, 0.25) is 0 Å². The largest absolute Gasteiger partial charge is 2.00 e. The van der Waals surface area contributed by atoms with E-state index >= 15 is 0 Å². The summed E-state index contributed by atoms with van der Waals surface area (Å²) in [6.45, 7) is 0. The number of phosphoric acid groups is 2. The van der Waals surface area contributed by atoms with Gasteiger partial charge in [0.05, 0.1) is 0 Å². The summed E-state index contributed by atoms with van der Waals surface area (Å²) in [6, 6.07) is 0. The van der Waals surface area contributed by atoms with Crippen molar-refractivity contribution in [2.75, 3.05) is 0 Å². The molecule has 0 aromatic heterocycles. The molecule has 12 heavy (non-hydrogen) atoms. The Morgan fingerprint density at radius 1 is 0.750 bits per heavy atom. The van der Waals surface area contributed by atoms with Crippen molar-refractivity contribution in [2.45, 2.75) is 0 Å². The standard InChI is InChI=1S/Ca.Na.2H3O4P.3H/c;;2*1-5(2,3)4;;;/h;;2*(H3,1,2,3,4);;;/q+2;+1;;;3*-1. The summed E-state index contributed by atoms with van der Waals surface area (Å²) in [5.74, 6) is 0. The molecule has 12 heteroatoms. The molecule has 8 nitrogen and oxygen atoms in total. The zero-order chi connectivity index (χ0) is 9.00. The van der Waals surface area contributed by atoms with Crippen molar-refractivity contribution in [3.8, 4) is 0 Å². The second-order valence-electron chi connectivity index (χ2n) is 1.03. The third-order valence-electron chi connectivity index (χ3n) is 0. The molecule has 0 aliphatic rings. The van der Waals surface area contributed by atoms with Crippen LogP contribution < -0.4 is 29.6 Å². The third kappa shape index (κ3) is 267. The molecule has 0 radical (unpaired) electrons. The van der Waals surface area contributed by atoms with Gasteiger partial charge < -0.3 is 33.6 Å². The maximum absolute atomic E-state index is 8.88. The fraction of sp³-hybridized carbons (Fsp3) is 0. The van der Waals surface area contributed by atoms with Crippen LogP contribution >= 0.6 is 15.6 Å². The van der Waals surface area contributed by atoms with Crippen LogP contribution in [0.15, 0.2) is 0 Å². The molecule has 0 fully saturated rings. The average molecular weight is 262 g/mol. The molecular formula is H9CaNaO8P2. The minimum Gasteiger partial charge on any atom is -1.00 e. The third-order valence-corrected chi connectivity index (χ3v) is 0. The number of rotatable bonds is 0. The monoisotopic (exact) mass is 262 g/mol. The van der Waals surface area contributed by atoms with Crippen LogP contribution in [0.4, 0.5) is 0 Å². The Balaban J connectivity index is -0.0000000128. The Morgan fingerprint density at radius 2 is 0.750 bits per heavy atom.